The van der Waals surface area contributed by atoms with Gasteiger partial charge in [-0.3, -0.25) is 15.1 Å². The van der Waals surface area contributed by atoms with Crippen molar-refractivity contribution >= 4 is 57.5 Å². The van der Waals surface area contributed by atoms with Crippen LogP contribution in [0.25, 0.3) is 17.1 Å². The van der Waals surface area contributed by atoms with E-state index in [0.29, 0.717) is 23.5 Å². The normalized spacial score (nSPS) is 15.1. The van der Waals surface area contributed by atoms with Gasteiger partial charge in [0, 0.05) is 10.6 Å². The molecule has 1 aliphatic rings. The van der Waals surface area contributed by atoms with Gasteiger partial charge < -0.3 is 9.47 Å². The molecule has 2 N–H and O–H groups in total. The number of amides is 1. The second-order valence-corrected chi connectivity index (χ2v) is 11.9. The van der Waals surface area contributed by atoms with Crippen molar-refractivity contribution in [2.45, 2.75) is 31.9 Å². The Morgan fingerprint density at radius 2 is 1.80 bits per heavy atom. The summed E-state index contributed by atoms with van der Waals surface area (Å²) in [7, 11) is 0. The monoisotopic (exact) mass is 743 g/mol. The molecule has 1 atom stereocenters. The van der Waals surface area contributed by atoms with Crippen LogP contribution >= 0.6 is 35.6 Å². The van der Waals surface area contributed by atoms with Crippen molar-refractivity contribution < 1.29 is 40.6 Å². The molecule has 1 amide bonds. The third-order valence-electron chi connectivity index (χ3n) is 6.68. The number of hydrogen-bond acceptors (Lipinski definition) is 8. The van der Waals surface area contributed by atoms with Crippen LogP contribution in [-0.2, 0) is 4.79 Å². The van der Waals surface area contributed by atoms with E-state index in [1.54, 1.807) is 12.1 Å². The first-order valence-corrected chi connectivity index (χ1v) is 15.9. The number of rotatable bonds is 10. The van der Waals surface area contributed by atoms with Gasteiger partial charge in [-0.1, -0.05) is 54.6 Å². The minimum Gasteiger partial charge on any atom is -0.482 e. The van der Waals surface area contributed by atoms with E-state index in [1.807, 2.05) is 19.1 Å². The molecule has 2 heterocycles. The lowest BCUT2D eigenvalue weighted by molar-refractivity contribution is -0.274. The number of ether oxygens (including phenoxy) is 2. The van der Waals surface area contributed by atoms with Crippen LogP contribution in [0.4, 0.5) is 32.0 Å². The maximum Gasteiger partial charge on any atom is 0.573 e. The van der Waals surface area contributed by atoms with Gasteiger partial charge in [-0.15, -0.1) is 18.3 Å². The number of thioether (sulfide) groups is 1. The van der Waals surface area contributed by atoms with E-state index in [1.165, 1.54) is 53.5 Å². The van der Waals surface area contributed by atoms with E-state index >= 15 is 0 Å². The molecule has 49 heavy (non-hydrogen) atoms. The fourth-order valence-electron chi connectivity index (χ4n) is 4.50. The number of carbonyl (C=O) groups excluding carboxylic acids is 1. The average Bonchev–Trinajstić information content (AvgIpc) is 3.67. The summed E-state index contributed by atoms with van der Waals surface area (Å²) in [5.41, 5.74) is 7.96. The van der Waals surface area contributed by atoms with E-state index in [-0.39, 0.29) is 44.3 Å². The fraction of sp³-hybridized carbons (Fsp3) is 0.233. The van der Waals surface area contributed by atoms with Crippen molar-refractivity contribution in [1.82, 2.24) is 25.6 Å². The Bertz CT molecular complexity index is 1840. The highest BCUT2D eigenvalue weighted by Gasteiger charge is 2.34. The van der Waals surface area contributed by atoms with Crippen molar-refractivity contribution in [2.75, 3.05) is 17.3 Å². The van der Waals surface area contributed by atoms with Crippen LogP contribution in [0.1, 0.15) is 24.9 Å². The number of amidine groups is 1. The Kier molecular flexibility index (Phi) is 11.0. The first-order chi connectivity index (χ1) is 23.2. The first kappa shape index (κ1) is 35.9. The number of anilines is 1. The predicted octanol–water partition coefficient (Wildman–Crippen LogP) is 7.39. The molecule has 258 valence electrons. The molecule has 10 nitrogen and oxygen atoms in total. The summed E-state index contributed by atoms with van der Waals surface area (Å²) < 4.78 is 86.1. The van der Waals surface area contributed by atoms with Crippen molar-refractivity contribution in [3.8, 4) is 28.6 Å². The first-order valence-electron chi connectivity index (χ1n) is 14.2. The van der Waals surface area contributed by atoms with Gasteiger partial charge >= 0.3 is 12.5 Å². The highest BCUT2D eigenvalue weighted by atomic mass is 35.5. The number of hydrogen-bond donors (Lipinski definition) is 2. The van der Waals surface area contributed by atoms with Crippen molar-refractivity contribution in [3.05, 3.63) is 83.6 Å². The Morgan fingerprint density at radius 3 is 2.45 bits per heavy atom. The Morgan fingerprint density at radius 1 is 1.08 bits per heavy atom. The maximum atomic E-state index is 12.8. The zero-order valence-corrected chi connectivity index (χ0v) is 27.4. The molecule has 1 aromatic heterocycles. The summed E-state index contributed by atoms with van der Waals surface area (Å²) in [5.74, 6) is -0.642. The van der Waals surface area contributed by atoms with Crippen LogP contribution in [0.2, 0.25) is 5.02 Å². The van der Waals surface area contributed by atoms with Crippen LogP contribution in [0, 0.1) is 0 Å². The molecule has 0 spiro atoms. The smallest absolute Gasteiger partial charge is 0.482 e. The molecule has 0 saturated carbocycles. The lowest BCUT2D eigenvalue weighted by atomic mass is 10.0. The number of aromatic nitrogens is 3. The number of nitrogens with zero attached hydrogens (tertiary/aromatic N) is 5. The maximum absolute atomic E-state index is 12.8. The van der Waals surface area contributed by atoms with Gasteiger partial charge in [0.2, 0.25) is 11.0 Å². The molecular formula is C30H24ClF6N7O3S2. The summed E-state index contributed by atoms with van der Waals surface area (Å²) in [5, 5.41) is 4.67. The predicted molar refractivity (Wildman–Crippen MR) is 176 cm³/mol. The SMILES string of the molecule is CCC(NNC(=S)/N=C1\SCC(=O)N1c1cc(Cl)ccc1OCC(F)(F)F)c1ccc(-c2ncn(-c3ccc(OC(F)(F)F)cc3)n2)cc1. The molecular weight excluding hydrogens is 720 g/mol. The molecule has 1 fully saturated rings. The number of thiocarbonyl (C=S) groups is 1. The number of hydrazine groups is 1. The van der Waals surface area contributed by atoms with Gasteiger partial charge in [-0.05, 0) is 66.7 Å². The molecule has 0 bridgehead atoms. The highest BCUT2D eigenvalue weighted by Crippen LogP contribution is 2.37. The highest BCUT2D eigenvalue weighted by molar-refractivity contribution is 8.15. The average molecular weight is 744 g/mol. The Balaban J connectivity index is 1.23. The van der Waals surface area contributed by atoms with E-state index in [4.69, 9.17) is 28.6 Å². The van der Waals surface area contributed by atoms with Gasteiger partial charge in [0.15, 0.2) is 17.6 Å². The van der Waals surface area contributed by atoms with E-state index < -0.39 is 25.1 Å². The van der Waals surface area contributed by atoms with Crippen LogP contribution in [0.5, 0.6) is 11.5 Å². The molecule has 1 aliphatic heterocycles. The lowest BCUT2D eigenvalue weighted by Crippen LogP contribution is -2.39. The summed E-state index contributed by atoms with van der Waals surface area (Å²) in [6.45, 7) is 0.374. The Hall–Kier alpha value is -4.39. The number of halogens is 7. The topological polar surface area (TPSA) is 106 Å². The summed E-state index contributed by atoms with van der Waals surface area (Å²) in [4.78, 5) is 22.5. The van der Waals surface area contributed by atoms with Crippen LogP contribution in [-0.4, -0.2) is 55.9 Å². The Labute approximate surface area is 289 Å². The largest absolute Gasteiger partial charge is 0.573 e. The van der Waals surface area contributed by atoms with Crippen LogP contribution in [0.3, 0.4) is 0 Å². The van der Waals surface area contributed by atoms with Gasteiger partial charge in [0.25, 0.3) is 0 Å². The minimum absolute atomic E-state index is 0.000505. The molecule has 19 heteroatoms. The quantitative estimate of drug-likeness (QED) is 0.0978. The minimum atomic E-state index is -4.79. The number of benzene rings is 3. The number of alkyl halides is 6. The molecule has 3 aromatic carbocycles. The zero-order chi connectivity index (χ0) is 35.3. The van der Waals surface area contributed by atoms with Crippen LogP contribution in [0.15, 0.2) is 78.0 Å². The molecule has 0 radical (unpaired) electrons. The molecule has 0 aliphatic carbocycles. The third-order valence-corrected chi connectivity index (χ3v) is 8.03. The van der Waals surface area contributed by atoms with Gasteiger partial charge in [0.05, 0.1) is 23.2 Å². The number of nitrogens with one attached hydrogen (secondary N) is 2. The summed E-state index contributed by atoms with van der Waals surface area (Å²) in [6, 6.07) is 16.2. The number of aliphatic imine (C=N–C) groups is 1. The molecule has 1 saturated heterocycles. The van der Waals surface area contributed by atoms with E-state index in [2.05, 4.69) is 30.7 Å². The van der Waals surface area contributed by atoms with Crippen LogP contribution < -0.4 is 25.2 Å². The molecule has 5 rings (SSSR count). The third kappa shape index (κ3) is 9.62. The van der Waals surface area contributed by atoms with Gasteiger partial charge in [-0.2, -0.15) is 18.2 Å². The zero-order valence-electron chi connectivity index (χ0n) is 25.0. The van der Waals surface area contributed by atoms with Gasteiger partial charge in [0.1, 0.15) is 17.8 Å². The second kappa shape index (κ2) is 15.0. The van der Waals surface area contributed by atoms with E-state index in [0.717, 1.165) is 22.2 Å². The van der Waals surface area contributed by atoms with Crippen molar-refractivity contribution in [2.24, 2.45) is 4.99 Å². The summed E-state index contributed by atoms with van der Waals surface area (Å²) >= 11 is 12.5. The summed E-state index contributed by atoms with van der Waals surface area (Å²) in [6.07, 6.45) is -7.33. The standard InChI is InChI=1S/C30H24ClF6N7O3S2/c1-2-22(17-3-5-18(6-4-17)26-38-16-43(42-26)20-8-10-21(11-9-20)47-30(35,36)37)40-41-27(48)39-28-44(25(45)14-49-28)23-13-19(31)7-12-24(23)46-15-29(32,33)34/h3-13,16,22,40H,2,14-15H2,1H3,(H,41,48)/b39-28-. The second-order valence-electron chi connectivity index (χ2n) is 10.1. The van der Waals surface area contributed by atoms with Crippen molar-refractivity contribution in [1.29, 1.82) is 0 Å². The molecule has 1 unspecified atom stereocenters. The van der Waals surface area contributed by atoms with E-state index in [9.17, 15) is 31.1 Å². The van der Waals surface area contributed by atoms with Crippen molar-refractivity contribution in [3.63, 3.8) is 0 Å². The van der Waals surface area contributed by atoms with Gasteiger partial charge in [-0.25, -0.2) is 15.1 Å². The fourth-order valence-corrected chi connectivity index (χ4v) is 5.73. The lowest BCUT2D eigenvalue weighted by Gasteiger charge is -2.21. The number of carbonyl (C=O) groups is 1. The molecule has 4 aromatic rings.